The molecule has 1 N–H and O–H groups in total. The van der Waals surface area contributed by atoms with E-state index in [1.807, 2.05) is 0 Å². The molecule has 0 aromatic heterocycles. The van der Waals surface area contributed by atoms with Gasteiger partial charge in [0, 0.05) is 17.3 Å². The minimum atomic E-state index is 0.0762. The first-order chi connectivity index (χ1) is 6.24. The fraction of sp³-hybridized carbons (Fsp3) is 0.200. The number of alkyl halides is 1. The molecule has 1 rings (SSSR count). The molecule has 0 radical (unpaired) electrons. The summed E-state index contributed by atoms with van der Waals surface area (Å²) in [7, 11) is 0. The van der Waals surface area contributed by atoms with E-state index in [9.17, 15) is 5.11 Å². The summed E-state index contributed by atoms with van der Waals surface area (Å²) < 4.78 is 0. The highest BCUT2D eigenvalue weighted by Crippen LogP contribution is 2.23. The van der Waals surface area contributed by atoms with E-state index in [1.165, 1.54) is 0 Å². The molecule has 0 saturated carbocycles. The van der Waals surface area contributed by atoms with Crippen molar-refractivity contribution in [3.05, 3.63) is 28.8 Å². The van der Waals surface area contributed by atoms with Crippen molar-refractivity contribution in [3.8, 4) is 17.6 Å². The van der Waals surface area contributed by atoms with Crippen LogP contribution in [0.4, 0.5) is 0 Å². The number of hydrogen-bond acceptors (Lipinski definition) is 1. The lowest BCUT2D eigenvalue weighted by atomic mass is 10.2. The van der Waals surface area contributed by atoms with E-state index >= 15 is 0 Å². The summed E-state index contributed by atoms with van der Waals surface area (Å²) in [5.74, 6) is 5.94. The summed E-state index contributed by atoms with van der Waals surface area (Å²) in [5.41, 5.74) is 0.780. The molecule has 0 unspecified atom stereocenters. The Morgan fingerprint density at radius 2 is 2.23 bits per heavy atom. The number of phenolic OH excluding ortho intramolecular Hbond substituents is 1. The maximum atomic E-state index is 9.25. The molecule has 0 heterocycles. The van der Waals surface area contributed by atoms with E-state index in [0.29, 0.717) is 5.02 Å². The third-order valence-electron chi connectivity index (χ3n) is 1.40. The second-order valence-corrected chi connectivity index (χ2v) is 3.61. The minimum Gasteiger partial charge on any atom is -0.506 e. The Hall–Kier alpha value is -0.650. The molecule has 0 spiro atoms. The van der Waals surface area contributed by atoms with Gasteiger partial charge in [-0.3, -0.25) is 0 Å². The molecule has 3 heteroatoms. The van der Waals surface area contributed by atoms with E-state index in [4.69, 9.17) is 11.6 Å². The minimum absolute atomic E-state index is 0.0762. The lowest BCUT2D eigenvalue weighted by Gasteiger charge is -1.95. The summed E-state index contributed by atoms with van der Waals surface area (Å²) in [6.45, 7) is 0. The maximum absolute atomic E-state index is 9.25. The standard InChI is InChI=1S/C10H8BrClO/c11-6-2-1-3-8-4-5-9(12)10(13)7-8/h4-5,7,13H,2,6H2. The molecule has 0 fully saturated rings. The molecular weight excluding hydrogens is 251 g/mol. The van der Waals surface area contributed by atoms with Crippen LogP contribution in [0.25, 0.3) is 0 Å². The van der Waals surface area contributed by atoms with Gasteiger partial charge in [-0.15, -0.1) is 0 Å². The molecule has 0 saturated heterocycles. The zero-order valence-corrected chi connectivity index (χ0v) is 9.19. The highest BCUT2D eigenvalue weighted by molar-refractivity contribution is 9.09. The highest BCUT2D eigenvalue weighted by Gasteiger charge is 1.96. The van der Waals surface area contributed by atoms with Crippen LogP contribution in [0.15, 0.2) is 18.2 Å². The average molecular weight is 260 g/mol. The van der Waals surface area contributed by atoms with Gasteiger partial charge < -0.3 is 5.11 Å². The maximum Gasteiger partial charge on any atom is 0.135 e. The molecule has 0 aliphatic heterocycles. The quantitative estimate of drug-likeness (QED) is 0.607. The first-order valence-corrected chi connectivity index (χ1v) is 5.27. The molecule has 13 heavy (non-hydrogen) atoms. The van der Waals surface area contributed by atoms with Crippen LogP contribution < -0.4 is 0 Å². The number of hydrogen-bond donors (Lipinski definition) is 1. The molecule has 0 bridgehead atoms. The third kappa shape index (κ3) is 3.30. The summed E-state index contributed by atoms with van der Waals surface area (Å²) in [4.78, 5) is 0. The molecule has 0 atom stereocenters. The molecule has 0 aliphatic carbocycles. The van der Waals surface area contributed by atoms with Crippen molar-refractivity contribution in [1.82, 2.24) is 0 Å². The largest absolute Gasteiger partial charge is 0.506 e. The predicted octanol–water partition coefficient (Wildman–Crippen LogP) is 3.18. The van der Waals surface area contributed by atoms with Gasteiger partial charge in [0.1, 0.15) is 5.75 Å². The number of aromatic hydroxyl groups is 1. The van der Waals surface area contributed by atoms with Gasteiger partial charge in [0.2, 0.25) is 0 Å². The van der Waals surface area contributed by atoms with E-state index in [-0.39, 0.29) is 5.75 Å². The van der Waals surface area contributed by atoms with E-state index < -0.39 is 0 Å². The second-order valence-electron chi connectivity index (χ2n) is 2.41. The summed E-state index contributed by atoms with van der Waals surface area (Å²) in [6, 6.07) is 4.97. The van der Waals surface area contributed by atoms with Gasteiger partial charge >= 0.3 is 0 Å². The van der Waals surface area contributed by atoms with Gasteiger partial charge in [-0.2, -0.15) is 0 Å². The Morgan fingerprint density at radius 1 is 1.46 bits per heavy atom. The van der Waals surface area contributed by atoms with Crippen molar-refractivity contribution in [2.75, 3.05) is 5.33 Å². The van der Waals surface area contributed by atoms with Gasteiger partial charge in [-0.05, 0) is 18.2 Å². The lowest BCUT2D eigenvalue weighted by Crippen LogP contribution is -1.75. The van der Waals surface area contributed by atoms with Crippen LogP contribution in [0.2, 0.25) is 5.02 Å². The Kier molecular flexibility index (Phi) is 4.14. The van der Waals surface area contributed by atoms with Crippen LogP contribution in [-0.4, -0.2) is 10.4 Å². The van der Waals surface area contributed by atoms with Crippen molar-refractivity contribution >= 4 is 27.5 Å². The molecular formula is C10H8BrClO. The molecule has 1 aromatic carbocycles. The Labute approximate surface area is 90.9 Å². The number of halogens is 2. The van der Waals surface area contributed by atoms with Crippen molar-refractivity contribution in [2.45, 2.75) is 6.42 Å². The number of rotatable bonds is 1. The van der Waals surface area contributed by atoms with Crippen LogP contribution in [0.5, 0.6) is 5.75 Å². The monoisotopic (exact) mass is 258 g/mol. The number of phenols is 1. The van der Waals surface area contributed by atoms with Crippen molar-refractivity contribution in [2.24, 2.45) is 0 Å². The molecule has 0 amide bonds. The van der Waals surface area contributed by atoms with Gasteiger partial charge in [0.25, 0.3) is 0 Å². The first-order valence-electron chi connectivity index (χ1n) is 3.77. The fourth-order valence-electron chi connectivity index (χ4n) is 0.802. The Morgan fingerprint density at radius 3 is 2.85 bits per heavy atom. The lowest BCUT2D eigenvalue weighted by molar-refractivity contribution is 0.475. The van der Waals surface area contributed by atoms with E-state index in [1.54, 1.807) is 18.2 Å². The third-order valence-corrected chi connectivity index (χ3v) is 2.11. The predicted molar refractivity (Wildman–Crippen MR) is 58.4 cm³/mol. The molecule has 0 aliphatic rings. The zero-order valence-electron chi connectivity index (χ0n) is 6.85. The van der Waals surface area contributed by atoms with Gasteiger partial charge in [0.15, 0.2) is 0 Å². The number of benzene rings is 1. The summed E-state index contributed by atoms with van der Waals surface area (Å²) in [5, 5.41) is 10.5. The van der Waals surface area contributed by atoms with E-state index in [0.717, 1.165) is 17.3 Å². The molecule has 1 aromatic rings. The van der Waals surface area contributed by atoms with Crippen LogP contribution >= 0.6 is 27.5 Å². The van der Waals surface area contributed by atoms with Crippen LogP contribution in [0, 0.1) is 11.8 Å². The highest BCUT2D eigenvalue weighted by atomic mass is 79.9. The van der Waals surface area contributed by atoms with Crippen LogP contribution in [0.1, 0.15) is 12.0 Å². The van der Waals surface area contributed by atoms with Crippen LogP contribution in [0.3, 0.4) is 0 Å². The summed E-state index contributed by atoms with van der Waals surface area (Å²) >= 11 is 8.91. The summed E-state index contributed by atoms with van der Waals surface area (Å²) in [6.07, 6.45) is 0.795. The SMILES string of the molecule is Oc1cc(C#CCCBr)ccc1Cl. The zero-order chi connectivity index (χ0) is 9.68. The first kappa shape index (κ1) is 10.4. The van der Waals surface area contributed by atoms with Gasteiger partial charge in [-0.1, -0.05) is 39.4 Å². The topological polar surface area (TPSA) is 20.2 Å². The average Bonchev–Trinajstić information content (AvgIpc) is 2.12. The van der Waals surface area contributed by atoms with E-state index in [2.05, 4.69) is 27.8 Å². The Balaban J connectivity index is 2.81. The van der Waals surface area contributed by atoms with Gasteiger partial charge in [-0.25, -0.2) is 0 Å². The van der Waals surface area contributed by atoms with Crippen molar-refractivity contribution < 1.29 is 5.11 Å². The normalized spacial score (nSPS) is 9.08. The van der Waals surface area contributed by atoms with Crippen molar-refractivity contribution in [1.29, 1.82) is 0 Å². The Bertz CT molecular complexity index is 352. The van der Waals surface area contributed by atoms with Crippen LogP contribution in [-0.2, 0) is 0 Å². The van der Waals surface area contributed by atoms with Gasteiger partial charge in [0.05, 0.1) is 5.02 Å². The molecule has 1 nitrogen and oxygen atoms in total. The smallest absolute Gasteiger partial charge is 0.135 e. The van der Waals surface area contributed by atoms with Crippen molar-refractivity contribution in [3.63, 3.8) is 0 Å². The second kappa shape index (κ2) is 5.16. The fourth-order valence-corrected chi connectivity index (χ4v) is 1.12. The molecule has 68 valence electrons.